The summed E-state index contributed by atoms with van der Waals surface area (Å²) in [4.78, 5) is 0. The standard InChI is InChI=1S/Co.Mn.Na.Ni.4O/q+2;;+1;+2;;;2*-1. The summed E-state index contributed by atoms with van der Waals surface area (Å²) in [6.07, 6.45) is 0. The average Bonchev–Trinajstić information content (AvgIpc) is 0.722. The monoisotopic (exact) mass is 259 g/mol. The van der Waals surface area contributed by atoms with Crippen molar-refractivity contribution in [2.45, 2.75) is 0 Å². The molecule has 0 saturated heterocycles. The fourth-order valence-corrected chi connectivity index (χ4v) is 0. The van der Waals surface area contributed by atoms with Crippen LogP contribution in [-0.2, 0) is 54.3 Å². The van der Waals surface area contributed by atoms with Crippen LogP contribution in [0.25, 0.3) is 0 Å². The molecule has 4 nitrogen and oxygen atoms in total. The van der Waals surface area contributed by atoms with Gasteiger partial charge in [-0.3, -0.25) is 0 Å². The zero-order valence-electron chi connectivity index (χ0n) is 3.66. The zero-order valence-corrected chi connectivity index (χ0v) is 8.87. The van der Waals surface area contributed by atoms with Gasteiger partial charge in [-0.1, -0.05) is 0 Å². The maximum atomic E-state index is 8.58. The molecule has 0 aliphatic heterocycles. The Morgan fingerprint density at radius 3 is 1.12 bits per heavy atom. The Balaban J connectivity index is -0.0000000267. The molecule has 0 bridgehead atoms. The van der Waals surface area contributed by atoms with Crippen LogP contribution >= 0.6 is 0 Å². The predicted octanol–water partition coefficient (Wildman–Crippen LogP) is -5.62. The molecule has 0 spiro atoms. The van der Waals surface area contributed by atoms with E-state index in [1.807, 2.05) is 0 Å². The van der Waals surface area contributed by atoms with E-state index in [1.165, 1.54) is 0 Å². The van der Waals surface area contributed by atoms with E-state index in [-0.39, 0.29) is 62.8 Å². The van der Waals surface area contributed by atoms with Crippen LogP contribution in [0.1, 0.15) is 0 Å². The third-order valence-corrected chi connectivity index (χ3v) is 0. The Morgan fingerprint density at radius 1 is 1.12 bits per heavy atom. The van der Waals surface area contributed by atoms with Crippen LogP contribution in [-0.4, -0.2) is 0 Å². The maximum absolute atomic E-state index is 8.58. The summed E-state index contributed by atoms with van der Waals surface area (Å²) in [5, 5.41) is 0. The van der Waals surface area contributed by atoms with Crippen molar-refractivity contribution in [3.05, 3.63) is 0 Å². The van der Waals surface area contributed by atoms with Gasteiger partial charge in [0.2, 0.25) is 0 Å². The third kappa shape index (κ3) is 95.8. The quantitative estimate of drug-likeness (QED) is 0.406. The molecule has 0 aliphatic carbocycles. The van der Waals surface area contributed by atoms with Crippen molar-refractivity contribution >= 4 is 0 Å². The van der Waals surface area contributed by atoms with E-state index in [0.717, 1.165) is 0 Å². The topological polar surface area (TPSA) is 80.3 Å². The van der Waals surface area contributed by atoms with Crippen molar-refractivity contribution in [2.24, 2.45) is 0 Å². The van der Waals surface area contributed by atoms with Gasteiger partial charge in [0.1, 0.15) is 0 Å². The second kappa shape index (κ2) is 9.04. The SMILES string of the molecule is [Co+2].[Na+].[Ni+2].[O]=[Mn](=[O])([O-])[O-]. The minimum atomic E-state index is -5.62. The molecule has 0 atom stereocenters. The number of hydrogen-bond donors (Lipinski definition) is 0. The van der Waals surface area contributed by atoms with E-state index >= 15 is 0 Å². The Labute approximate surface area is 91.1 Å². The molecule has 8 heteroatoms. The molecule has 0 unspecified atom stereocenters. The Morgan fingerprint density at radius 2 is 1.12 bits per heavy atom. The van der Waals surface area contributed by atoms with Gasteiger partial charge < -0.3 is 0 Å². The first kappa shape index (κ1) is 22.5. The minimum absolute atomic E-state index is 0. The van der Waals surface area contributed by atoms with Crippen molar-refractivity contribution < 1.29 is 92.2 Å². The molecule has 0 N–H and O–H groups in total. The molecular formula is CoMnNaNiO4+3. The summed E-state index contributed by atoms with van der Waals surface area (Å²) >= 11 is -5.62. The van der Waals surface area contributed by atoms with Gasteiger partial charge in [0.25, 0.3) is 0 Å². The van der Waals surface area contributed by atoms with E-state index in [2.05, 4.69) is 0 Å². The van der Waals surface area contributed by atoms with E-state index in [9.17, 15) is 0 Å². The third-order valence-electron chi connectivity index (χ3n) is 0. The summed E-state index contributed by atoms with van der Waals surface area (Å²) in [5.41, 5.74) is 0. The molecule has 0 aliphatic rings. The fraction of sp³-hybridized carbons (Fsp3) is 0. The summed E-state index contributed by atoms with van der Waals surface area (Å²) in [7, 11) is 0. The molecule has 0 amide bonds. The zero-order chi connectivity index (χ0) is 4.50. The predicted molar refractivity (Wildman–Crippen MR) is 1.37 cm³/mol. The molecular weight excluding hydrogens is 260 g/mol. The van der Waals surface area contributed by atoms with Crippen molar-refractivity contribution in [3.63, 3.8) is 0 Å². The molecule has 0 heterocycles. The molecule has 0 saturated carbocycles. The molecule has 0 aromatic carbocycles. The average molecular weight is 260 g/mol. The van der Waals surface area contributed by atoms with E-state index in [1.54, 1.807) is 0 Å². The van der Waals surface area contributed by atoms with Crippen LogP contribution in [0.15, 0.2) is 0 Å². The normalized spacial score (nSPS) is 7.25. The molecule has 0 rings (SSSR count). The number of hydrogen-bond acceptors (Lipinski definition) is 4. The molecule has 0 aromatic heterocycles. The van der Waals surface area contributed by atoms with Crippen LogP contribution in [0, 0.1) is 0 Å². The first-order valence-electron chi connectivity index (χ1n) is 0.617. The van der Waals surface area contributed by atoms with Crippen LogP contribution < -0.4 is 37.9 Å². The van der Waals surface area contributed by atoms with E-state index in [0.29, 0.717) is 0 Å². The summed E-state index contributed by atoms with van der Waals surface area (Å²) in [5.74, 6) is 0. The van der Waals surface area contributed by atoms with Crippen LogP contribution in [0.3, 0.4) is 0 Å². The number of rotatable bonds is 0. The van der Waals surface area contributed by atoms with Gasteiger partial charge in [-0.05, 0) is 0 Å². The van der Waals surface area contributed by atoms with Crippen LogP contribution in [0.2, 0.25) is 0 Å². The first-order chi connectivity index (χ1) is 2.00. The van der Waals surface area contributed by atoms with Crippen molar-refractivity contribution in [2.75, 3.05) is 0 Å². The fourth-order valence-electron chi connectivity index (χ4n) is 0. The van der Waals surface area contributed by atoms with Crippen LogP contribution in [0.4, 0.5) is 0 Å². The van der Waals surface area contributed by atoms with Crippen LogP contribution in [0.5, 0.6) is 0 Å². The second-order valence-corrected chi connectivity index (χ2v) is 1.56. The molecule has 0 aromatic rings. The van der Waals surface area contributed by atoms with Gasteiger partial charge in [-0.15, -0.1) is 0 Å². The van der Waals surface area contributed by atoms with E-state index in [4.69, 9.17) is 16.0 Å². The van der Waals surface area contributed by atoms with Gasteiger partial charge in [0, 0.05) is 0 Å². The second-order valence-electron chi connectivity index (χ2n) is 0.378. The summed E-state index contributed by atoms with van der Waals surface area (Å²) in [6.45, 7) is 0. The Hall–Kier alpha value is 2.04. The van der Waals surface area contributed by atoms with Gasteiger partial charge in [-0.25, -0.2) is 0 Å². The molecule has 48 valence electrons. The Kier molecular flexibility index (Phi) is 25.4. The van der Waals surface area contributed by atoms with Gasteiger partial charge >= 0.3 is 92.2 Å². The Bertz CT molecular complexity index is 99.2. The molecule has 8 heavy (non-hydrogen) atoms. The van der Waals surface area contributed by atoms with Crippen molar-refractivity contribution in [1.29, 1.82) is 0 Å². The van der Waals surface area contributed by atoms with E-state index < -0.39 is 13.4 Å². The van der Waals surface area contributed by atoms with Gasteiger partial charge in [0.15, 0.2) is 0 Å². The van der Waals surface area contributed by atoms with Crippen molar-refractivity contribution in [1.82, 2.24) is 0 Å². The van der Waals surface area contributed by atoms with Gasteiger partial charge in [-0.2, -0.15) is 0 Å². The summed E-state index contributed by atoms with van der Waals surface area (Å²) < 4.78 is 34.3. The van der Waals surface area contributed by atoms with Crippen molar-refractivity contribution in [3.8, 4) is 0 Å². The molecule has 0 fully saturated rings. The first-order valence-corrected chi connectivity index (χ1v) is 2.54. The summed E-state index contributed by atoms with van der Waals surface area (Å²) in [6, 6.07) is 0. The molecule has 1 radical (unpaired) electrons. The van der Waals surface area contributed by atoms with Gasteiger partial charge in [0.05, 0.1) is 0 Å².